The molecule has 0 aromatic heterocycles. The van der Waals surface area contributed by atoms with Crippen LogP contribution in [0.15, 0.2) is 65.2 Å². The Morgan fingerprint density at radius 1 is 1.07 bits per heavy atom. The molecule has 2 aromatic rings. The van der Waals surface area contributed by atoms with Gasteiger partial charge >= 0.3 is 5.97 Å². The molecule has 0 N–H and O–H groups in total. The van der Waals surface area contributed by atoms with Gasteiger partial charge in [0.25, 0.3) is 11.6 Å². The van der Waals surface area contributed by atoms with Gasteiger partial charge in [0.15, 0.2) is 4.32 Å². The average Bonchev–Trinajstić information content (AvgIpc) is 2.98. The molecule has 0 aliphatic carbocycles. The maximum absolute atomic E-state index is 12.8. The third-order valence-corrected chi connectivity index (χ3v) is 5.61. The smallest absolute Gasteiger partial charge is 0.349 e. The molecule has 1 saturated heterocycles. The Morgan fingerprint density at radius 2 is 1.77 bits per heavy atom. The molecule has 4 rings (SSSR count). The molecule has 2 aliphatic heterocycles. The summed E-state index contributed by atoms with van der Waals surface area (Å²) in [7, 11) is 0. The Bertz CT molecular complexity index is 1200. The standard InChI is InChI=1S/C20H10N2O6S2/c23-17-13-3-1-2-4-15(13)28-19(25)14(17)10-21-18(24)16(30-20(21)29)9-11-5-7-12(8-6-11)22(26)27/h1-10H. The van der Waals surface area contributed by atoms with Crippen LogP contribution in [0.2, 0.25) is 0 Å². The number of thioether (sulfide) groups is 1. The number of amides is 1. The van der Waals surface area contributed by atoms with Crippen LogP contribution in [-0.2, 0) is 9.59 Å². The van der Waals surface area contributed by atoms with E-state index in [0.29, 0.717) is 5.56 Å². The number of hydrogen-bond acceptors (Lipinski definition) is 8. The Morgan fingerprint density at radius 3 is 2.47 bits per heavy atom. The summed E-state index contributed by atoms with van der Waals surface area (Å²) in [4.78, 5) is 49.2. The van der Waals surface area contributed by atoms with Gasteiger partial charge in [0, 0.05) is 18.3 Å². The fraction of sp³-hybridized carbons (Fsp3) is 0. The number of para-hydroxylation sites is 1. The van der Waals surface area contributed by atoms with Crippen LogP contribution in [-0.4, -0.2) is 31.8 Å². The van der Waals surface area contributed by atoms with Gasteiger partial charge in [0.2, 0.25) is 5.78 Å². The second-order valence-electron chi connectivity index (χ2n) is 6.16. The summed E-state index contributed by atoms with van der Waals surface area (Å²) in [5.74, 6) is -1.79. The van der Waals surface area contributed by atoms with E-state index in [9.17, 15) is 24.5 Å². The lowest BCUT2D eigenvalue weighted by molar-refractivity contribution is -0.384. The van der Waals surface area contributed by atoms with Crippen molar-refractivity contribution in [1.82, 2.24) is 4.90 Å². The molecular formula is C20H10N2O6S2. The third-order valence-electron chi connectivity index (χ3n) is 4.28. The van der Waals surface area contributed by atoms with Gasteiger partial charge in [0.05, 0.1) is 15.4 Å². The van der Waals surface area contributed by atoms with Crippen molar-refractivity contribution in [1.29, 1.82) is 0 Å². The molecule has 0 saturated carbocycles. The average molecular weight is 438 g/mol. The first kappa shape index (κ1) is 19.7. The quantitative estimate of drug-likeness (QED) is 0.136. The van der Waals surface area contributed by atoms with Gasteiger partial charge in [-0.15, -0.1) is 0 Å². The van der Waals surface area contributed by atoms with E-state index in [2.05, 4.69) is 0 Å². The number of nitro benzene ring substituents is 1. The topological polar surface area (TPSA) is 107 Å². The summed E-state index contributed by atoms with van der Waals surface area (Å²) in [5.41, 5.74) is 0.409. The summed E-state index contributed by atoms with van der Waals surface area (Å²) >= 11 is 6.21. The Kier molecular flexibility index (Phi) is 5.02. The highest BCUT2D eigenvalue weighted by atomic mass is 32.2. The highest BCUT2D eigenvalue weighted by Crippen LogP contribution is 2.35. The number of nitrogens with zero attached hydrogens (tertiary/aromatic N) is 2. The van der Waals surface area contributed by atoms with E-state index in [1.165, 1.54) is 42.5 Å². The van der Waals surface area contributed by atoms with Gasteiger partial charge in [-0.05, 0) is 35.9 Å². The number of fused-ring (bicyclic) bond motifs is 1. The SMILES string of the molecule is O=C1Oc2ccccc2C(=O)C1=CN1C(=O)C(=Cc2ccc([N+](=O)[O-])cc2)SC1=S. The highest BCUT2D eigenvalue weighted by molar-refractivity contribution is 8.26. The number of Topliss-reactive ketones (excluding diaryl/α,β-unsaturated/α-hetero) is 1. The van der Waals surface area contributed by atoms with E-state index in [4.69, 9.17) is 17.0 Å². The summed E-state index contributed by atoms with van der Waals surface area (Å²) in [6, 6.07) is 12.0. The van der Waals surface area contributed by atoms with Crippen molar-refractivity contribution in [2.45, 2.75) is 0 Å². The molecule has 0 atom stereocenters. The molecule has 30 heavy (non-hydrogen) atoms. The lowest BCUT2D eigenvalue weighted by Gasteiger charge is -2.18. The largest absolute Gasteiger partial charge is 0.422 e. The molecule has 0 unspecified atom stereocenters. The minimum atomic E-state index is -0.868. The lowest BCUT2D eigenvalue weighted by Crippen LogP contribution is -2.30. The molecule has 2 aliphatic rings. The Labute approximate surface area is 179 Å². The maximum atomic E-state index is 12.8. The van der Waals surface area contributed by atoms with Gasteiger partial charge in [-0.25, -0.2) is 4.79 Å². The van der Waals surface area contributed by atoms with E-state index in [1.807, 2.05) is 0 Å². The molecule has 1 fully saturated rings. The second-order valence-corrected chi connectivity index (χ2v) is 7.83. The van der Waals surface area contributed by atoms with Crippen molar-refractivity contribution in [3.63, 3.8) is 0 Å². The zero-order valence-corrected chi connectivity index (χ0v) is 16.6. The number of esters is 1. The van der Waals surface area contributed by atoms with Crippen LogP contribution >= 0.6 is 24.0 Å². The van der Waals surface area contributed by atoms with Crippen molar-refractivity contribution in [3.8, 4) is 5.75 Å². The van der Waals surface area contributed by atoms with Gasteiger partial charge in [-0.3, -0.25) is 24.6 Å². The van der Waals surface area contributed by atoms with Crippen LogP contribution in [0.4, 0.5) is 5.69 Å². The molecule has 10 heteroatoms. The van der Waals surface area contributed by atoms with Gasteiger partial charge in [-0.2, -0.15) is 0 Å². The van der Waals surface area contributed by atoms with E-state index in [0.717, 1.165) is 22.9 Å². The van der Waals surface area contributed by atoms with Crippen LogP contribution in [0.5, 0.6) is 5.75 Å². The predicted octanol–water partition coefficient (Wildman–Crippen LogP) is 3.48. The minimum Gasteiger partial charge on any atom is -0.422 e. The monoisotopic (exact) mass is 438 g/mol. The van der Waals surface area contributed by atoms with Gasteiger partial charge < -0.3 is 4.74 Å². The first-order valence-corrected chi connectivity index (χ1v) is 9.67. The van der Waals surface area contributed by atoms with Crippen LogP contribution < -0.4 is 4.74 Å². The summed E-state index contributed by atoms with van der Waals surface area (Å²) in [6.45, 7) is 0. The van der Waals surface area contributed by atoms with Crippen molar-refractivity contribution < 1.29 is 24.0 Å². The van der Waals surface area contributed by atoms with E-state index in [-0.39, 0.29) is 31.8 Å². The number of thiocarbonyl (C=S) groups is 1. The van der Waals surface area contributed by atoms with Crippen molar-refractivity contribution in [2.75, 3.05) is 0 Å². The van der Waals surface area contributed by atoms with E-state index < -0.39 is 22.6 Å². The van der Waals surface area contributed by atoms with Crippen LogP contribution in [0.1, 0.15) is 15.9 Å². The first-order chi connectivity index (χ1) is 14.3. The minimum absolute atomic E-state index is 0.0703. The summed E-state index contributed by atoms with van der Waals surface area (Å²) in [5, 5.41) is 10.8. The predicted molar refractivity (Wildman–Crippen MR) is 113 cm³/mol. The van der Waals surface area contributed by atoms with E-state index in [1.54, 1.807) is 12.1 Å². The first-order valence-electron chi connectivity index (χ1n) is 8.44. The van der Waals surface area contributed by atoms with Crippen molar-refractivity contribution >= 4 is 57.7 Å². The number of non-ortho nitro benzene ring substituents is 1. The molecule has 0 spiro atoms. The number of nitro groups is 1. The third kappa shape index (κ3) is 3.53. The molecule has 2 aromatic carbocycles. The Balaban J connectivity index is 1.62. The Hall–Kier alpha value is -3.63. The van der Waals surface area contributed by atoms with E-state index >= 15 is 0 Å². The highest BCUT2D eigenvalue weighted by Gasteiger charge is 2.36. The van der Waals surface area contributed by atoms with Crippen molar-refractivity contribution in [3.05, 3.63) is 86.5 Å². The van der Waals surface area contributed by atoms with Gasteiger partial charge in [-0.1, -0.05) is 36.1 Å². The number of carbonyl (C=O) groups excluding carboxylic acids is 3. The molecule has 148 valence electrons. The fourth-order valence-corrected chi connectivity index (χ4v) is 4.02. The van der Waals surface area contributed by atoms with Crippen LogP contribution in [0, 0.1) is 10.1 Å². The molecule has 2 heterocycles. The van der Waals surface area contributed by atoms with Crippen LogP contribution in [0.3, 0.4) is 0 Å². The number of rotatable bonds is 3. The summed E-state index contributed by atoms with van der Waals surface area (Å²) in [6.07, 6.45) is 2.62. The normalized spacial score (nSPS) is 18.7. The fourth-order valence-electron chi connectivity index (χ4n) is 2.81. The molecule has 1 amide bonds. The maximum Gasteiger partial charge on any atom is 0.349 e. The number of ketones is 1. The lowest BCUT2D eigenvalue weighted by atomic mass is 10.0. The number of benzene rings is 2. The van der Waals surface area contributed by atoms with Crippen LogP contribution in [0.25, 0.3) is 6.08 Å². The molecular weight excluding hydrogens is 428 g/mol. The van der Waals surface area contributed by atoms with Gasteiger partial charge in [0.1, 0.15) is 11.3 Å². The zero-order valence-electron chi connectivity index (χ0n) is 14.9. The zero-order chi connectivity index (χ0) is 21.4. The molecule has 0 bridgehead atoms. The molecule has 0 radical (unpaired) electrons. The second kappa shape index (κ2) is 7.65. The number of hydrogen-bond donors (Lipinski definition) is 0. The number of carbonyl (C=O) groups is 3. The summed E-state index contributed by atoms with van der Waals surface area (Å²) < 4.78 is 5.30. The number of ether oxygens (including phenoxy) is 1. The molecule has 8 nitrogen and oxygen atoms in total. The van der Waals surface area contributed by atoms with Crippen molar-refractivity contribution in [2.24, 2.45) is 0 Å².